The molecule has 0 saturated heterocycles. The van der Waals surface area contributed by atoms with E-state index in [9.17, 15) is 4.39 Å². The topological polar surface area (TPSA) is 35.8 Å². The summed E-state index contributed by atoms with van der Waals surface area (Å²) in [5, 5.41) is 11.6. The Morgan fingerprint density at radius 1 is 1.50 bits per heavy atom. The molecular formula is C11H13FN2. The number of benzene rings is 1. The van der Waals surface area contributed by atoms with Gasteiger partial charge in [-0.3, -0.25) is 0 Å². The van der Waals surface area contributed by atoms with Crippen molar-refractivity contribution in [2.75, 3.05) is 11.9 Å². The number of hydrogen-bond donors (Lipinski definition) is 1. The molecule has 3 heteroatoms. The van der Waals surface area contributed by atoms with Crippen LogP contribution in [0.25, 0.3) is 0 Å². The Balaban J connectivity index is 2.63. The van der Waals surface area contributed by atoms with Gasteiger partial charge < -0.3 is 5.32 Å². The van der Waals surface area contributed by atoms with Crippen LogP contribution in [0.1, 0.15) is 25.3 Å². The van der Waals surface area contributed by atoms with E-state index in [4.69, 9.17) is 5.26 Å². The van der Waals surface area contributed by atoms with Gasteiger partial charge in [0.25, 0.3) is 0 Å². The maximum absolute atomic E-state index is 13.1. The number of nitrogens with one attached hydrogen (secondary N) is 1. The number of nitriles is 1. The summed E-state index contributed by atoms with van der Waals surface area (Å²) in [7, 11) is 0. The van der Waals surface area contributed by atoms with E-state index in [2.05, 4.69) is 12.2 Å². The highest BCUT2D eigenvalue weighted by Crippen LogP contribution is 2.13. The van der Waals surface area contributed by atoms with Gasteiger partial charge in [-0.15, -0.1) is 0 Å². The van der Waals surface area contributed by atoms with Crippen LogP contribution in [0.15, 0.2) is 18.2 Å². The van der Waals surface area contributed by atoms with Crippen molar-refractivity contribution in [2.24, 2.45) is 0 Å². The summed E-state index contributed by atoms with van der Waals surface area (Å²) in [5.74, 6) is -0.464. The fraction of sp³-hybridized carbons (Fsp3) is 0.364. The predicted octanol–water partition coefficient (Wildman–Crippen LogP) is 2.91. The quantitative estimate of drug-likeness (QED) is 0.744. The van der Waals surface area contributed by atoms with E-state index in [1.807, 2.05) is 0 Å². The lowest BCUT2D eigenvalue weighted by atomic mass is 10.2. The lowest BCUT2D eigenvalue weighted by Gasteiger charge is -2.05. The highest BCUT2D eigenvalue weighted by atomic mass is 19.1. The third-order valence-corrected chi connectivity index (χ3v) is 1.95. The monoisotopic (exact) mass is 192 g/mol. The number of hydrogen-bond acceptors (Lipinski definition) is 2. The fourth-order valence-electron chi connectivity index (χ4n) is 1.13. The molecule has 2 nitrogen and oxygen atoms in total. The molecule has 0 aromatic heterocycles. The second-order valence-electron chi connectivity index (χ2n) is 3.09. The molecular weight excluding hydrogens is 179 g/mol. The largest absolute Gasteiger partial charge is 0.385 e. The van der Waals surface area contributed by atoms with Gasteiger partial charge in [-0.2, -0.15) is 5.26 Å². The van der Waals surface area contributed by atoms with E-state index < -0.39 is 5.82 Å². The first-order chi connectivity index (χ1) is 6.77. The highest BCUT2D eigenvalue weighted by Gasteiger charge is 2.01. The van der Waals surface area contributed by atoms with E-state index in [1.165, 1.54) is 12.1 Å². The van der Waals surface area contributed by atoms with Gasteiger partial charge in [-0.05, 0) is 24.6 Å². The zero-order valence-electron chi connectivity index (χ0n) is 8.18. The second kappa shape index (κ2) is 5.23. The summed E-state index contributed by atoms with van der Waals surface area (Å²) in [6.45, 7) is 2.93. The lowest BCUT2D eigenvalue weighted by molar-refractivity contribution is 0.624. The van der Waals surface area contributed by atoms with Crippen molar-refractivity contribution in [2.45, 2.75) is 19.8 Å². The minimum absolute atomic E-state index is 0.0889. The van der Waals surface area contributed by atoms with E-state index in [-0.39, 0.29) is 5.56 Å². The van der Waals surface area contributed by atoms with Gasteiger partial charge in [0.1, 0.15) is 11.9 Å². The Morgan fingerprint density at radius 2 is 2.29 bits per heavy atom. The van der Waals surface area contributed by atoms with Gasteiger partial charge >= 0.3 is 0 Å². The zero-order chi connectivity index (χ0) is 10.4. The van der Waals surface area contributed by atoms with Gasteiger partial charge in [0.05, 0.1) is 5.56 Å². The number of anilines is 1. The molecule has 0 bridgehead atoms. The Hall–Kier alpha value is -1.56. The maximum Gasteiger partial charge on any atom is 0.143 e. The molecule has 0 saturated carbocycles. The Kier molecular flexibility index (Phi) is 3.93. The lowest BCUT2D eigenvalue weighted by Crippen LogP contribution is -2.01. The molecule has 0 unspecified atom stereocenters. The Bertz CT molecular complexity index is 342. The number of unbranched alkanes of at least 4 members (excludes halogenated alkanes) is 1. The minimum Gasteiger partial charge on any atom is -0.385 e. The summed E-state index contributed by atoms with van der Waals surface area (Å²) < 4.78 is 13.1. The van der Waals surface area contributed by atoms with Gasteiger partial charge in [0, 0.05) is 12.2 Å². The minimum atomic E-state index is -0.464. The third-order valence-electron chi connectivity index (χ3n) is 1.95. The summed E-state index contributed by atoms with van der Waals surface area (Å²) >= 11 is 0. The van der Waals surface area contributed by atoms with Gasteiger partial charge in [0.15, 0.2) is 0 Å². The first-order valence-corrected chi connectivity index (χ1v) is 4.71. The molecule has 0 atom stereocenters. The molecule has 0 heterocycles. The first-order valence-electron chi connectivity index (χ1n) is 4.71. The normalized spacial score (nSPS) is 9.50. The van der Waals surface area contributed by atoms with Crippen molar-refractivity contribution in [3.63, 3.8) is 0 Å². The van der Waals surface area contributed by atoms with Crippen molar-refractivity contribution in [1.82, 2.24) is 0 Å². The smallest absolute Gasteiger partial charge is 0.143 e. The van der Waals surface area contributed by atoms with E-state index in [0.717, 1.165) is 25.1 Å². The molecule has 14 heavy (non-hydrogen) atoms. The average Bonchev–Trinajstić information content (AvgIpc) is 2.18. The highest BCUT2D eigenvalue weighted by molar-refractivity contribution is 5.47. The number of rotatable bonds is 4. The molecule has 1 N–H and O–H groups in total. The van der Waals surface area contributed by atoms with Gasteiger partial charge in [-0.25, -0.2) is 4.39 Å². The number of halogens is 1. The van der Waals surface area contributed by atoms with Crippen molar-refractivity contribution in [1.29, 1.82) is 5.26 Å². The SMILES string of the molecule is CCCCNc1ccc(C#N)c(F)c1. The third kappa shape index (κ3) is 2.74. The number of nitrogens with zero attached hydrogens (tertiary/aromatic N) is 1. The summed E-state index contributed by atoms with van der Waals surface area (Å²) in [6, 6.07) is 6.35. The molecule has 0 radical (unpaired) electrons. The van der Waals surface area contributed by atoms with Crippen LogP contribution < -0.4 is 5.32 Å². The van der Waals surface area contributed by atoms with Crippen molar-refractivity contribution < 1.29 is 4.39 Å². The van der Waals surface area contributed by atoms with Crippen LogP contribution in [-0.4, -0.2) is 6.54 Å². The van der Waals surface area contributed by atoms with Crippen LogP contribution >= 0.6 is 0 Å². The molecule has 0 fully saturated rings. The van der Waals surface area contributed by atoms with Crippen LogP contribution in [0.3, 0.4) is 0 Å². The Labute approximate surface area is 83.4 Å². The predicted molar refractivity (Wildman–Crippen MR) is 54.5 cm³/mol. The van der Waals surface area contributed by atoms with Crippen molar-refractivity contribution in [3.8, 4) is 6.07 Å². The van der Waals surface area contributed by atoms with Gasteiger partial charge in [-0.1, -0.05) is 13.3 Å². The van der Waals surface area contributed by atoms with E-state index in [0.29, 0.717) is 0 Å². The van der Waals surface area contributed by atoms with Crippen molar-refractivity contribution >= 4 is 5.69 Å². The summed E-state index contributed by atoms with van der Waals surface area (Å²) in [4.78, 5) is 0. The standard InChI is InChI=1S/C11H13FN2/c1-2-3-6-14-10-5-4-9(8-13)11(12)7-10/h4-5,7,14H,2-3,6H2,1H3. The first kappa shape index (κ1) is 10.5. The summed E-state index contributed by atoms with van der Waals surface area (Å²) in [5.41, 5.74) is 0.820. The van der Waals surface area contributed by atoms with E-state index >= 15 is 0 Å². The molecule has 1 rings (SSSR count). The average molecular weight is 192 g/mol. The van der Waals surface area contributed by atoms with Crippen LogP contribution in [0.4, 0.5) is 10.1 Å². The fourth-order valence-corrected chi connectivity index (χ4v) is 1.13. The van der Waals surface area contributed by atoms with Crippen molar-refractivity contribution in [3.05, 3.63) is 29.6 Å². The molecule has 0 spiro atoms. The van der Waals surface area contributed by atoms with Crippen LogP contribution in [0.2, 0.25) is 0 Å². The summed E-state index contributed by atoms with van der Waals surface area (Å²) in [6.07, 6.45) is 2.16. The van der Waals surface area contributed by atoms with Crippen LogP contribution in [0.5, 0.6) is 0 Å². The van der Waals surface area contributed by atoms with E-state index in [1.54, 1.807) is 12.1 Å². The molecule has 74 valence electrons. The molecule has 0 aliphatic carbocycles. The second-order valence-corrected chi connectivity index (χ2v) is 3.09. The molecule has 0 amide bonds. The molecule has 1 aromatic rings. The Morgan fingerprint density at radius 3 is 2.86 bits per heavy atom. The molecule has 0 aliphatic heterocycles. The maximum atomic E-state index is 13.1. The zero-order valence-corrected chi connectivity index (χ0v) is 8.18. The van der Waals surface area contributed by atoms with Crippen LogP contribution in [0, 0.1) is 17.1 Å². The van der Waals surface area contributed by atoms with Crippen LogP contribution in [-0.2, 0) is 0 Å². The van der Waals surface area contributed by atoms with Gasteiger partial charge in [0.2, 0.25) is 0 Å². The molecule has 1 aromatic carbocycles. The molecule has 0 aliphatic rings.